The Morgan fingerprint density at radius 3 is 2.45 bits per heavy atom. The fourth-order valence-corrected chi connectivity index (χ4v) is 8.55. The first kappa shape index (κ1) is 27.0. The van der Waals surface area contributed by atoms with Crippen molar-refractivity contribution in [2.45, 2.75) is 124 Å². The molecule has 0 aromatic carbocycles. The highest BCUT2D eigenvalue weighted by atomic mass is 28.4. The first-order chi connectivity index (χ1) is 15.4. The van der Waals surface area contributed by atoms with Crippen molar-refractivity contribution in [3.8, 4) is 0 Å². The summed E-state index contributed by atoms with van der Waals surface area (Å²) in [4.78, 5) is 0. The van der Waals surface area contributed by atoms with Gasteiger partial charge in [-0.25, -0.2) is 0 Å². The summed E-state index contributed by atoms with van der Waals surface area (Å²) in [5.41, 5.74) is 4.65. The minimum atomic E-state index is -1.50. The Balaban J connectivity index is 1.66. The molecule has 2 nitrogen and oxygen atoms in total. The molecule has 1 unspecified atom stereocenters. The summed E-state index contributed by atoms with van der Waals surface area (Å²) in [5.74, 6) is 2.95. The van der Waals surface area contributed by atoms with Crippen LogP contribution in [0.3, 0.4) is 0 Å². The second-order valence-corrected chi connectivity index (χ2v) is 17.6. The normalized spacial score (nSPS) is 35.3. The zero-order valence-electron chi connectivity index (χ0n) is 22.8. The first-order valence-electron chi connectivity index (χ1n) is 13.8. The molecule has 3 aliphatic carbocycles. The van der Waals surface area contributed by atoms with Gasteiger partial charge in [0.15, 0.2) is 8.32 Å². The third kappa shape index (κ3) is 6.73. The molecule has 0 aromatic heterocycles. The highest BCUT2D eigenvalue weighted by Crippen LogP contribution is 2.60. The highest BCUT2D eigenvalue weighted by molar-refractivity contribution is 6.69. The number of fused-ring (bicyclic) bond motifs is 1. The molecule has 188 valence electrons. The zero-order valence-corrected chi connectivity index (χ0v) is 23.8. The quantitative estimate of drug-likeness (QED) is 0.359. The monoisotopic (exact) mass is 472 g/mol. The molecule has 3 saturated carbocycles. The number of hydrogen-bond acceptors (Lipinski definition) is 2. The number of aliphatic hydroxyl groups is 1. The largest absolute Gasteiger partial charge is 0.414 e. The van der Waals surface area contributed by atoms with Gasteiger partial charge in [-0.05, 0) is 124 Å². The predicted molar refractivity (Wildman–Crippen MR) is 145 cm³/mol. The van der Waals surface area contributed by atoms with Crippen molar-refractivity contribution in [1.29, 1.82) is 0 Å². The van der Waals surface area contributed by atoms with Gasteiger partial charge >= 0.3 is 0 Å². The maximum Gasteiger partial charge on any atom is 0.184 e. The standard InChI is InChI=1S/C30H52O2Si/c1-21(2)29(32-33(6,7)8)18-11-22(3)27-16-17-28-25(10-9-19-30(27,28)5)13-12-24-14-15-26(31)20-23(24)4/h12-13,21-22,26-29,31H,4,9-11,14-20H2,1-3,5-8H3/b24-12-,25-13+/t22-,26+,27-,28+,29?,30-/m1/s1. The van der Waals surface area contributed by atoms with Crippen molar-refractivity contribution in [2.75, 3.05) is 0 Å². The van der Waals surface area contributed by atoms with E-state index in [-0.39, 0.29) is 6.10 Å². The minimum absolute atomic E-state index is 0.191. The molecule has 0 bridgehead atoms. The van der Waals surface area contributed by atoms with Crippen molar-refractivity contribution in [1.82, 2.24) is 0 Å². The Kier molecular flexibility index (Phi) is 8.95. The lowest BCUT2D eigenvalue weighted by atomic mass is 9.60. The summed E-state index contributed by atoms with van der Waals surface area (Å²) in [6, 6.07) is 0. The van der Waals surface area contributed by atoms with Gasteiger partial charge in [-0.15, -0.1) is 0 Å². The first-order valence-corrected chi connectivity index (χ1v) is 17.2. The van der Waals surface area contributed by atoms with Crippen LogP contribution < -0.4 is 0 Å². The fourth-order valence-electron chi connectivity index (χ4n) is 7.25. The number of allylic oxidation sites excluding steroid dienone is 4. The summed E-state index contributed by atoms with van der Waals surface area (Å²) in [6.07, 6.45) is 16.9. The molecule has 33 heavy (non-hydrogen) atoms. The van der Waals surface area contributed by atoms with Crippen molar-refractivity contribution >= 4 is 8.32 Å². The van der Waals surface area contributed by atoms with Crippen LogP contribution in [0, 0.1) is 29.1 Å². The van der Waals surface area contributed by atoms with Crippen LogP contribution >= 0.6 is 0 Å². The number of hydrogen-bond donors (Lipinski definition) is 1. The van der Waals surface area contributed by atoms with Crippen LogP contribution in [0.15, 0.2) is 35.5 Å². The SMILES string of the molecule is C=C1C[C@@H](O)CC/C1=C/C=C1\CCC[C@]2(C)[C@@H]([C@H](C)CCC(O[Si](C)(C)C)C(C)C)CC[C@@H]12. The molecular formula is C30H52O2Si. The number of aliphatic hydroxyl groups excluding tert-OH is 1. The van der Waals surface area contributed by atoms with Gasteiger partial charge in [0.25, 0.3) is 0 Å². The van der Waals surface area contributed by atoms with E-state index in [0.717, 1.165) is 42.6 Å². The Hall–Kier alpha value is -0.643. The van der Waals surface area contributed by atoms with Crippen LogP contribution in [0.4, 0.5) is 0 Å². The predicted octanol–water partition coefficient (Wildman–Crippen LogP) is 8.45. The summed E-state index contributed by atoms with van der Waals surface area (Å²) in [5, 5.41) is 9.91. The van der Waals surface area contributed by atoms with Gasteiger partial charge in [-0.1, -0.05) is 52.0 Å². The van der Waals surface area contributed by atoms with E-state index in [9.17, 15) is 5.11 Å². The molecule has 0 aromatic rings. The van der Waals surface area contributed by atoms with Gasteiger partial charge in [0.05, 0.1) is 6.10 Å². The van der Waals surface area contributed by atoms with Crippen molar-refractivity contribution < 1.29 is 9.53 Å². The van der Waals surface area contributed by atoms with Crippen LogP contribution in [-0.2, 0) is 4.43 Å². The fraction of sp³-hybridized carbons (Fsp3) is 0.800. The van der Waals surface area contributed by atoms with Crippen LogP contribution in [0.5, 0.6) is 0 Å². The van der Waals surface area contributed by atoms with Crippen molar-refractivity contribution in [3.05, 3.63) is 35.5 Å². The average molecular weight is 473 g/mol. The Bertz CT molecular complexity index is 743. The summed E-state index contributed by atoms with van der Waals surface area (Å²) >= 11 is 0. The van der Waals surface area contributed by atoms with E-state index in [0.29, 0.717) is 17.4 Å². The van der Waals surface area contributed by atoms with E-state index in [2.05, 4.69) is 66.1 Å². The second-order valence-electron chi connectivity index (χ2n) is 13.1. The van der Waals surface area contributed by atoms with Gasteiger partial charge in [0.2, 0.25) is 0 Å². The van der Waals surface area contributed by atoms with Crippen LogP contribution in [0.1, 0.15) is 91.9 Å². The molecular weight excluding hydrogens is 420 g/mol. The van der Waals surface area contributed by atoms with Gasteiger partial charge in [-0.3, -0.25) is 0 Å². The molecule has 3 fully saturated rings. The van der Waals surface area contributed by atoms with Crippen molar-refractivity contribution in [3.63, 3.8) is 0 Å². The smallest absolute Gasteiger partial charge is 0.184 e. The lowest BCUT2D eigenvalue weighted by Crippen LogP contribution is -2.37. The maximum atomic E-state index is 9.91. The molecule has 0 spiro atoms. The number of rotatable bonds is 8. The van der Waals surface area contributed by atoms with Gasteiger partial charge in [0.1, 0.15) is 0 Å². The Morgan fingerprint density at radius 1 is 1.09 bits per heavy atom. The molecule has 6 atom stereocenters. The van der Waals surface area contributed by atoms with E-state index in [1.807, 2.05) is 0 Å². The molecule has 0 amide bonds. The van der Waals surface area contributed by atoms with Crippen LogP contribution in [-0.4, -0.2) is 25.6 Å². The third-order valence-corrected chi connectivity index (χ3v) is 10.1. The Labute approximate surface area is 206 Å². The van der Waals surface area contributed by atoms with E-state index < -0.39 is 8.32 Å². The Morgan fingerprint density at radius 2 is 1.82 bits per heavy atom. The lowest BCUT2D eigenvalue weighted by molar-refractivity contribution is 0.0773. The van der Waals surface area contributed by atoms with Crippen molar-refractivity contribution in [2.24, 2.45) is 29.1 Å². The van der Waals surface area contributed by atoms with E-state index in [4.69, 9.17) is 4.43 Å². The lowest BCUT2D eigenvalue weighted by Gasteiger charge is -2.44. The molecule has 3 aliphatic rings. The molecule has 0 saturated heterocycles. The molecule has 3 rings (SSSR count). The van der Waals surface area contributed by atoms with Crippen LogP contribution in [0.25, 0.3) is 0 Å². The summed E-state index contributed by atoms with van der Waals surface area (Å²) in [7, 11) is -1.50. The summed E-state index contributed by atoms with van der Waals surface area (Å²) < 4.78 is 6.57. The third-order valence-electron chi connectivity index (χ3n) is 9.06. The van der Waals surface area contributed by atoms with E-state index in [1.165, 1.54) is 50.5 Å². The van der Waals surface area contributed by atoms with Gasteiger partial charge in [-0.2, -0.15) is 0 Å². The molecule has 1 N–H and O–H groups in total. The minimum Gasteiger partial charge on any atom is -0.414 e. The second kappa shape index (κ2) is 11.0. The highest BCUT2D eigenvalue weighted by Gasteiger charge is 2.50. The zero-order chi connectivity index (χ0) is 24.4. The average Bonchev–Trinajstić information content (AvgIpc) is 3.07. The molecule has 0 radical (unpaired) electrons. The van der Waals surface area contributed by atoms with E-state index >= 15 is 0 Å². The van der Waals surface area contributed by atoms with Gasteiger partial charge in [0, 0.05) is 6.10 Å². The van der Waals surface area contributed by atoms with Gasteiger partial charge < -0.3 is 9.53 Å². The molecule has 3 heteroatoms. The molecule has 0 aliphatic heterocycles. The molecule has 0 heterocycles. The maximum absolute atomic E-state index is 9.91. The van der Waals surface area contributed by atoms with E-state index in [1.54, 1.807) is 5.57 Å². The summed E-state index contributed by atoms with van der Waals surface area (Å²) in [6.45, 7) is 21.0. The topological polar surface area (TPSA) is 29.5 Å². The van der Waals surface area contributed by atoms with Crippen LogP contribution in [0.2, 0.25) is 19.6 Å².